The summed E-state index contributed by atoms with van der Waals surface area (Å²) in [6, 6.07) is 74.6. The lowest BCUT2D eigenvalue weighted by Gasteiger charge is -2.30. The lowest BCUT2D eigenvalue weighted by molar-refractivity contribution is 0.569. The number of hydrogen-bond acceptors (Lipinski definition) is 1. The summed E-state index contributed by atoms with van der Waals surface area (Å²) in [7, 11) is 0. The van der Waals surface area contributed by atoms with Crippen LogP contribution in [0.15, 0.2) is 200 Å². The smallest absolute Gasteiger partial charge is 0.0540 e. The first-order chi connectivity index (χ1) is 30.8. The van der Waals surface area contributed by atoms with Crippen LogP contribution in [0.2, 0.25) is 0 Å². The fourth-order valence-corrected chi connectivity index (χ4v) is 10.1. The molecule has 0 N–H and O–H groups in total. The normalized spacial score (nSPS) is 13.1. The molecule has 10 rings (SSSR count). The molecule has 314 valence electrons. The first-order valence-corrected chi connectivity index (χ1v) is 22.8. The summed E-state index contributed by atoms with van der Waals surface area (Å²) in [5.74, 6) is 0. The number of rotatable bonds is 7. The molecule has 0 amide bonds. The lowest BCUT2D eigenvalue weighted by Crippen LogP contribution is -2.16. The summed E-state index contributed by atoms with van der Waals surface area (Å²) in [5, 5.41) is 2.49. The highest BCUT2D eigenvalue weighted by Gasteiger charge is 2.37. The van der Waals surface area contributed by atoms with Crippen LogP contribution >= 0.6 is 0 Å². The Hall–Kier alpha value is -6.96. The first kappa shape index (κ1) is 41.1. The van der Waals surface area contributed by atoms with Crippen LogP contribution in [0.4, 0.5) is 17.1 Å². The molecule has 1 aliphatic rings. The molecule has 1 aliphatic carbocycles. The van der Waals surface area contributed by atoms with E-state index >= 15 is 0 Å². The molecule has 0 fully saturated rings. The monoisotopic (exact) mass is 827 g/mol. The molecule has 0 saturated carbocycles. The number of fused-ring (bicyclic) bond motifs is 4. The Labute approximate surface area is 380 Å². The Morgan fingerprint density at radius 1 is 0.359 bits per heavy atom. The second kappa shape index (κ2) is 15.7. The molecule has 0 saturated heterocycles. The van der Waals surface area contributed by atoms with Gasteiger partial charge in [-0.3, -0.25) is 0 Å². The minimum atomic E-state index is -0.135. The molecular formula is C63H57N. The van der Waals surface area contributed by atoms with Gasteiger partial charge in [0.05, 0.1) is 5.69 Å². The van der Waals surface area contributed by atoms with Gasteiger partial charge in [0.1, 0.15) is 0 Å². The van der Waals surface area contributed by atoms with Gasteiger partial charge >= 0.3 is 0 Å². The molecule has 1 nitrogen and oxygen atoms in total. The maximum Gasteiger partial charge on any atom is 0.0540 e. The van der Waals surface area contributed by atoms with Crippen LogP contribution in [0.5, 0.6) is 0 Å². The summed E-state index contributed by atoms with van der Waals surface area (Å²) in [4.78, 5) is 2.47. The van der Waals surface area contributed by atoms with E-state index in [1.807, 2.05) is 0 Å². The van der Waals surface area contributed by atoms with Gasteiger partial charge in [-0.25, -0.2) is 0 Å². The SMILES string of the molecule is CC(C)(C)c1cc(-c2cccc3cccc(-c4ccccc4N(c4ccc(-c5ccccc5)cc4)c4cccc(-c5cccc6c5C(C)(C)c5ccccc5-6)c4)c23)cc(C(C)(C)C)c1. The molecule has 64 heavy (non-hydrogen) atoms. The minimum Gasteiger partial charge on any atom is -0.310 e. The first-order valence-electron chi connectivity index (χ1n) is 22.8. The summed E-state index contributed by atoms with van der Waals surface area (Å²) in [6.45, 7) is 18.7. The van der Waals surface area contributed by atoms with Crippen LogP contribution in [0.25, 0.3) is 66.4 Å². The van der Waals surface area contributed by atoms with E-state index in [9.17, 15) is 0 Å². The molecule has 9 aromatic rings. The maximum absolute atomic E-state index is 2.47. The quantitative estimate of drug-likeness (QED) is 0.155. The van der Waals surface area contributed by atoms with Gasteiger partial charge in [-0.05, 0) is 124 Å². The molecule has 0 unspecified atom stereocenters. The van der Waals surface area contributed by atoms with Crippen LogP contribution in [0, 0.1) is 0 Å². The van der Waals surface area contributed by atoms with Crippen LogP contribution in [-0.2, 0) is 16.2 Å². The third-order valence-corrected chi connectivity index (χ3v) is 13.5. The number of para-hydroxylation sites is 1. The molecule has 0 bridgehead atoms. The second-order valence-electron chi connectivity index (χ2n) is 20.2. The molecule has 0 heterocycles. The van der Waals surface area contributed by atoms with E-state index in [1.165, 1.54) is 88.7 Å². The van der Waals surface area contributed by atoms with Crippen LogP contribution in [0.1, 0.15) is 77.6 Å². The zero-order chi connectivity index (χ0) is 44.4. The van der Waals surface area contributed by atoms with Gasteiger partial charge in [0.15, 0.2) is 0 Å². The van der Waals surface area contributed by atoms with Crippen molar-refractivity contribution in [3.63, 3.8) is 0 Å². The van der Waals surface area contributed by atoms with Crippen molar-refractivity contribution >= 4 is 27.8 Å². The van der Waals surface area contributed by atoms with Gasteiger partial charge < -0.3 is 4.90 Å². The topological polar surface area (TPSA) is 3.24 Å². The van der Waals surface area contributed by atoms with Gasteiger partial charge in [-0.15, -0.1) is 0 Å². The highest BCUT2D eigenvalue weighted by Crippen LogP contribution is 2.53. The fraction of sp³-hybridized carbons (Fsp3) is 0.175. The Morgan fingerprint density at radius 2 is 0.891 bits per heavy atom. The Bertz CT molecular complexity index is 3150. The summed E-state index contributed by atoms with van der Waals surface area (Å²) < 4.78 is 0. The van der Waals surface area contributed by atoms with Gasteiger partial charge in [0.2, 0.25) is 0 Å². The van der Waals surface area contributed by atoms with E-state index in [0.29, 0.717) is 0 Å². The molecular weight excluding hydrogens is 771 g/mol. The van der Waals surface area contributed by atoms with Crippen molar-refractivity contribution in [3.05, 3.63) is 222 Å². The standard InChI is InChI=1S/C63H57N/c1-61(2,3)47-38-46(39-48(41-47)62(4,5)6)51-28-17-22-44-23-18-30-55(59(44)51)54-27-13-15-33-58(54)64(49-36-34-43(35-37-49)42-20-10-9-11-21-42)50-25-16-24-45(40-50)52-29-19-31-56-53-26-12-14-32-57(53)63(7,8)60(52)56/h9-41H,1-8H3. The number of anilines is 3. The maximum atomic E-state index is 2.47. The third-order valence-electron chi connectivity index (χ3n) is 13.5. The number of benzene rings is 9. The van der Waals surface area contributed by atoms with Gasteiger partial charge in [-0.2, -0.15) is 0 Å². The highest BCUT2D eigenvalue weighted by molar-refractivity contribution is 6.09. The van der Waals surface area contributed by atoms with E-state index in [-0.39, 0.29) is 16.2 Å². The van der Waals surface area contributed by atoms with Crippen molar-refractivity contribution in [2.75, 3.05) is 4.90 Å². The zero-order valence-electron chi connectivity index (χ0n) is 38.5. The highest BCUT2D eigenvalue weighted by atomic mass is 15.1. The van der Waals surface area contributed by atoms with Gasteiger partial charge in [0.25, 0.3) is 0 Å². The van der Waals surface area contributed by atoms with E-state index < -0.39 is 0 Å². The molecule has 9 aromatic carbocycles. The molecule has 0 aromatic heterocycles. The van der Waals surface area contributed by atoms with E-state index in [4.69, 9.17) is 0 Å². The van der Waals surface area contributed by atoms with Crippen molar-refractivity contribution in [3.8, 4) is 55.6 Å². The van der Waals surface area contributed by atoms with Crippen molar-refractivity contribution in [2.24, 2.45) is 0 Å². The average molecular weight is 828 g/mol. The summed E-state index contributed by atoms with van der Waals surface area (Å²) in [5.41, 5.74) is 21.1. The van der Waals surface area contributed by atoms with Gasteiger partial charge in [-0.1, -0.05) is 225 Å². The lowest BCUT2D eigenvalue weighted by atomic mass is 9.78. The largest absolute Gasteiger partial charge is 0.310 e. The molecule has 0 spiro atoms. The Morgan fingerprint density at radius 3 is 1.59 bits per heavy atom. The predicted molar refractivity (Wildman–Crippen MR) is 275 cm³/mol. The number of nitrogens with zero attached hydrogens (tertiary/aromatic N) is 1. The third kappa shape index (κ3) is 7.24. The Kier molecular flexibility index (Phi) is 10.1. The minimum absolute atomic E-state index is 0.000679. The van der Waals surface area contributed by atoms with E-state index in [1.54, 1.807) is 0 Å². The fourth-order valence-electron chi connectivity index (χ4n) is 10.1. The molecule has 0 aliphatic heterocycles. The van der Waals surface area contributed by atoms with Crippen LogP contribution in [0.3, 0.4) is 0 Å². The average Bonchev–Trinajstić information content (AvgIpc) is 3.54. The molecule has 0 radical (unpaired) electrons. The van der Waals surface area contributed by atoms with Crippen molar-refractivity contribution in [1.82, 2.24) is 0 Å². The summed E-state index contributed by atoms with van der Waals surface area (Å²) >= 11 is 0. The van der Waals surface area contributed by atoms with Crippen molar-refractivity contribution in [1.29, 1.82) is 0 Å². The molecule has 0 atom stereocenters. The van der Waals surface area contributed by atoms with Crippen molar-refractivity contribution < 1.29 is 0 Å². The predicted octanol–water partition coefficient (Wildman–Crippen LogP) is 17.9. The van der Waals surface area contributed by atoms with E-state index in [2.05, 4.69) is 260 Å². The summed E-state index contributed by atoms with van der Waals surface area (Å²) in [6.07, 6.45) is 0. The molecule has 1 heteroatoms. The Balaban J connectivity index is 1.19. The van der Waals surface area contributed by atoms with Crippen LogP contribution < -0.4 is 4.90 Å². The zero-order valence-corrected chi connectivity index (χ0v) is 38.5. The van der Waals surface area contributed by atoms with Gasteiger partial charge in [0, 0.05) is 22.4 Å². The van der Waals surface area contributed by atoms with E-state index in [0.717, 1.165) is 17.1 Å². The second-order valence-corrected chi connectivity index (χ2v) is 20.2. The van der Waals surface area contributed by atoms with Crippen molar-refractivity contribution in [2.45, 2.75) is 71.6 Å². The van der Waals surface area contributed by atoms with Crippen LogP contribution in [-0.4, -0.2) is 0 Å². The number of hydrogen-bond donors (Lipinski definition) is 0.